The smallest absolute Gasteiger partial charge is 0.338 e. The number of benzene rings is 3. The average Bonchev–Trinajstić information content (AvgIpc) is 3.12. The van der Waals surface area contributed by atoms with Crippen molar-refractivity contribution >= 4 is 40.8 Å². The van der Waals surface area contributed by atoms with Gasteiger partial charge in [0, 0.05) is 29.8 Å². The fourth-order valence-electron chi connectivity index (χ4n) is 6.44. The van der Waals surface area contributed by atoms with Crippen LogP contribution in [0.5, 0.6) is 11.5 Å². The lowest BCUT2D eigenvalue weighted by molar-refractivity contribution is -0.377. The standard InChI is InChI=1S/C37H36Cl2FN3O6/c1-46-31-12-9-24(17-33(31)47-2)32(18-27-28(38)19-41-20-29(27)39)48-36(44)23-7-10-25(11-8-23)42-35(26-5-3-4-6-30(26)40)37(45)49-34-21-43-15-13-22(34)14-16-43/h3-12,17,19-20,22,32,34-35,42H,13-16,18,21H2,1-2H3/p+1/t32?,34-,35?/m0/s1. The number of aromatic nitrogens is 1. The molecule has 4 heterocycles. The topological polar surface area (TPSA) is 100 Å². The van der Waals surface area contributed by atoms with E-state index in [4.69, 9.17) is 42.1 Å². The monoisotopic (exact) mass is 708 g/mol. The summed E-state index contributed by atoms with van der Waals surface area (Å²) in [5.41, 5.74) is 2.15. The SMILES string of the molecule is COc1ccc(C(Cc2c(Cl)c[nH+]cc2Cl)OC(=O)c2ccc(NC(C(=O)O[C@H]3CN4CCC3CC4)c3ccccc3F)cc2)cc1OC. The molecule has 0 saturated carbocycles. The van der Waals surface area contributed by atoms with E-state index in [1.807, 2.05) is 0 Å². The number of halogens is 3. The number of esters is 2. The molecule has 2 unspecified atom stereocenters. The van der Waals surface area contributed by atoms with Crippen molar-refractivity contribution in [3.05, 3.63) is 117 Å². The van der Waals surface area contributed by atoms with Crippen LogP contribution in [0, 0.1) is 11.7 Å². The molecule has 9 nitrogen and oxygen atoms in total. The van der Waals surface area contributed by atoms with E-state index in [1.54, 1.807) is 73.1 Å². The summed E-state index contributed by atoms with van der Waals surface area (Å²) in [6, 6.07) is 16.7. The minimum atomic E-state index is -1.10. The number of hydrogen-bond donors (Lipinski definition) is 1. The molecule has 3 fully saturated rings. The number of nitrogens with one attached hydrogen (secondary N) is 2. The zero-order valence-corrected chi connectivity index (χ0v) is 28.6. The van der Waals surface area contributed by atoms with Gasteiger partial charge in [-0.1, -0.05) is 47.5 Å². The Balaban J connectivity index is 1.21. The van der Waals surface area contributed by atoms with Gasteiger partial charge < -0.3 is 24.3 Å². The fraction of sp³-hybridized carbons (Fsp3) is 0.324. The molecule has 1 aromatic heterocycles. The number of anilines is 1. The summed E-state index contributed by atoms with van der Waals surface area (Å²) in [5, 5.41) is 3.91. The molecule has 256 valence electrons. The molecule has 3 atom stereocenters. The highest BCUT2D eigenvalue weighted by atomic mass is 35.5. The van der Waals surface area contributed by atoms with Crippen LogP contribution in [0.3, 0.4) is 0 Å². The van der Waals surface area contributed by atoms with Gasteiger partial charge in [-0.2, -0.15) is 0 Å². The number of carbonyl (C=O) groups excluding carboxylic acids is 2. The first-order chi connectivity index (χ1) is 23.7. The van der Waals surface area contributed by atoms with Gasteiger partial charge in [0.15, 0.2) is 29.9 Å². The number of aromatic amines is 1. The number of ether oxygens (including phenoxy) is 4. The lowest BCUT2D eigenvalue weighted by atomic mass is 9.86. The zero-order chi connectivity index (χ0) is 34.5. The van der Waals surface area contributed by atoms with Gasteiger partial charge in [-0.25, -0.2) is 19.0 Å². The van der Waals surface area contributed by atoms with Gasteiger partial charge in [0.2, 0.25) is 0 Å². The van der Waals surface area contributed by atoms with Gasteiger partial charge in [0.05, 0.1) is 19.8 Å². The van der Waals surface area contributed by atoms with E-state index in [-0.39, 0.29) is 23.7 Å². The summed E-state index contributed by atoms with van der Waals surface area (Å²) >= 11 is 12.9. The number of hydrogen-bond acceptors (Lipinski definition) is 8. The third kappa shape index (κ3) is 7.93. The quantitative estimate of drug-likeness (QED) is 0.159. The van der Waals surface area contributed by atoms with Crippen molar-refractivity contribution < 1.29 is 37.9 Å². The Morgan fingerprint density at radius 2 is 1.65 bits per heavy atom. The van der Waals surface area contributed by atoms with Gasteiger partial charge >= 0.3 is 11.9 Å². The second-order valence-corrected chi connectivity index (χ2v) is 12.9. The van der Waals surface area contributed by atoms with Crippen LogP contribution in [0.1, 0.15) is 52.0 Å². The van der Waals surface area contributed by atoms with Crippen LogP contribution in [0.4, 0.5) is 10.1 Å². The maximum absolute atomic E-state index is 15.0. The molecule has 4 aromatic rings. The number of methoxy groups -OCH3 is 2. The molecule has 2 N–H and O–H groups in total. The maximum Gasteiger partial charge on any atom is 0.338 e. The molecule has 7 rings (SSSR count). The molecule has 0 amide bonds. The Labute approximate surface area is 294 Å². The van der Waals surface area contributed by atoms with Crippen molar-refractivity contribution in [2.24, 2.45) is 5.92 Å². The number of fused-ring (bicyclic) bond motifs is 3. The maximum atomic E-state index is 15.0. The Hall–Kier alpha value is -4.38. The largest absolute Gasteiger partial charge is 0.493 e. The van der Waals surface area contributed by atoms with Crippen molar-refractivity contribution in [1.82, 2.24) is 4.90 Å². The highest BCUT2D eigenvalue weighted by molar-refractivity contribution is 6.35. The number of H-pyrrole nitrogens is 1. The van der Waals surface area contributed by atoms with Crippen molar-refractivity contribution in [1.29, 1.82) is 0 Å². The van der Waals surface area contributed by atoms with Crippen LogP contribution >= 0.6 is 23.2 Å². The summed E-state index contributed by atoms with van der Waals surface area (Å²) in [6.07, 6.45) is 4.30. The summed E-state index contributed by atoms with van der Waals surface area (Å²) < 4.78 is 37.9. The molecule has 12 heteroatoms. The minimum Gasteiger partial charge on any atom is -0.493 e. The number of piperidine rings is 3. The van der Waals surface area contributed by atoms with Gasteiger partial charge in [-0.3, -0.25) is 4.90 Å². The molecule has 3 saturated heterocycles. The molecule has 3 aliphatic rings. The van der Waals surface area contributed by atoms with E-state index in [0.29, 0.717) is 50.8 Å². The average molecular weight is 710 g/mol. The summed E-state index contributed by atoms with van der Waals surface area (Å²) in [6.45, 7) is 2.69. The van der Waals surface area contributed by atoms with Crippen LogP contribution in [-0.4, -0.2) is 56.8 Å². The highest BCUT2D eigenvalue weighted by Crippen LogP contribution is 2.36. The number of carbonyl (C=O) groups is 2. The Morgan fingerprint density at radius 3 is 2.29 bits per heavy atom. The predicted octanol–water partition coefficient (Wildman–Crippen LogP) is 6.90. The van der Waals surface area contributed by atoms with Gasteiger partial charge in [-0.15, -0.1) is 0 Å². The second kappa shape index (κ2) is 15.4. The van der Waals surface area contributed by atoms with Crippen LogP contribution in [0.15, 0.2) is 79.1 Å². The van der Waals surface area contributed by atoms with Crippen molar-refractivity contribution in [2.45, 2.75) is 37.5 Å². The van der Waals surface area contributed by atoms with Crippen molar-refractivity contribution in [3.63, 3.8) is 0 Å². The summed E-state index contributed by atoms with van der Waals surface area (Å²) in [5.74, 6) is -0.397. The Bertz CT molecular complexity index is 1780. The predicted molar refractivity (Wildman–Crippen MR) is 183 cm³/mol. The number of pyridine rings is 1. The molecule has 3 aliphatic heterocycles. The number of rotatable bonds is 12. The summed E-state index contributed by atoms with van der Waals surface area (Å²) in [7, 11) is 3.06. The van der Waals surface area contributed by atoms with E-state index >= 15 is 4.39 Å². The normalized spacial score (nSPS) is 19.4. The van der Waals surface area contributed by atoms with Gasteiger partial charge in [-0.05, 0) is 79.9 Å². The third-order valence-corrected chi connectivity index (χ3v) is 9.84. The summed E-state index contributed by atoms with van der Waals surface area (Å²) in [4.78, 5) is 32.3. The lowest BCUT2D eigenvalue weighted by Gasteiger charge is -2.44. The van der Waals surface area contributed by atoms with E-state index in [0.717, 1.165) is 25.9 Å². The lowest BCUT2D eigenvalue weighted by Crippen LogP contribution is -2.52. The molecule has 2 bridgehead atoms. The van der Waals surface area contributed by atoms with Crippen molar-refractivity contribution in [3.8, 4) is 11.5 Å². The van der Waals surface area contributed by atoms with Crippen LogP contribution in [0.2, 0.25) is 10.0 Å². The van der Waals surface area contributed by atoms with E-state index in [9.17, 15) is 9.59 Å². The molecule has 0 aliphatic carbocycles. The molecule has 3 aromatic carbocycles. The first-order valence-corrected chi connectivity index (χ1v) is 16.8. The van der Waals surface area contributed by atoms with Crippen LogP contribution in [-0.2, 0) is 20.7 Å². The van der Waals surface area contributed by atoms with E-state index < -0.39 is 29.9 Å². The molecule has 0 spiro atoms. The zero-order valence-electron chi connectivity index (χ0n) is 27.1. The van der Waals surface area contributed by atoms with Gasteiger partial charge in [0.25, 0.3) is 0 Å². The third-order valence-electron chi connectivity index (χ3n) is 9.16. The van der Waals surface area contributed by atoms with Crippen LogP contribution < -0.4 is 19.8 Å². The Kier molecular flexibility index (Phi) is 10.9. The Morgan fingerprint density at radius 1 is 0.959 bits per heavy atom. The second-order valence-electron chi connectivity index (χ2n) is 12.1. The first kappa shape index (κ1) is 34.5. The highest BCUT2D eigenvalue weighted by Gasteiger charge is 2.38. The first-order valence-electron chi connectivity index (χ1n) is 16.0. The number of nitrogens with zero attached hydrogens (tertiary/aromatic N) is 1. The minimum absolute atomic E-state index is 0.172. The molecule has 49 heavy (non-hydrogen) atoms. The molecule has 0 radical (unpaired) electrons. The van der Waals surface area contributed by atoms with E-state index in [2.05, 4.69) is 15.2 Å². The van der Waals surface area contributed by atoms with Crippen molar-refractivity contribution in [2.75, 3.05) is 39.2 Å². The van der Waals surface area contributed by atoms with Crippen LogP contribution in [0.25, 0.3) is 0 Å². The fourth-order valence-corrected chi connectivity index (χ4v) is 6.97. The van der Waals surface area contributed by atoms with E-state index in [1.165, 1.54) is 20.3 Å². The molecular weight excluding hydrogens is 672 g/mol. The molecular formula is C37H37Cl2FN3O6+. The van der Waals surface area contributed by atoms with Gasteiger partial charge in [0.1, 0.15) is 28.1 Å².